The zero-order chi connectivity index (χ0) is 13.7. The first-order valence-corrected chi connectivity index (χ1v) is 5.71. The van der Waals surface area contributed by atoms with Crippen LogP contribution in [0, 0.1) is 0 Å². The van der Waals surface area contributed by atoms with E-state index in [1.807, 2.05) is 6.07 Å². The molecule has 4 heteroatoms. The second-order valence-electron chi connectivity index (χ2n) is 3.94. The molecule has 0 fully saturated rings. The molecule has 0 heterocycles. The molecule has 0 unspecified atom stereocenters. The zero-order valence-corrected chi connectivity index (χ0v) is 10.1. The van der Waals surface area contributed by atoms with Gasteiger partial charge in [0, 0.05) is 0 Å². The predicted molar refractivity (Wildman–Crippen MR) is 69.0 cm³/mol. The monoisotopic (exact) mass is 256 g/mol. The zero-order valence-electron chi connectivity index (χ0n) is 10.1. The van der Waals surface area contributed by atoms with Crippen LogP contribution in [0.4, 0.5) is 0 Å². The summed E-state index contributed by atoms with van der Waals surface area (Å²) in [7, 11) is 0. The van der Waals surface area contributed by atoms with Gasteiger partial charge >= 0.3 is 11.9 Å². The number of hydrogen-bond acceptors (Lipinski definition) is 3. The number of hydrogen-bond donors (Lipinski definition) is 1. The van der Waals surface area contributed by atoms with Crippen LogP contribution in [0.25, 0.3) is 0 Å². The highest BCUT2D eigenvalue weighted by Gasteiger charge is 2.07. The van der Waals surface area contributed by atoms with Crippen LogP contribution in [0.2, 0.25) is 0 Å². The maximum Gasteiger partial charge on any atom is 0.338 e. The van der Waals surface area contributed by atoms with Crippen LogP contribution in [0.15, 0.2) is 54.6 Å². The van der Waals surface area contributed by atoms with E-state index in [-0.39, 0.29) is 12.2 Å². The van der Waals surface area contributed by atoms with Gasteiger partial charge in [0.05, 0.1) is 11.1 Å². The minimum atomic E-state index is -0.979. The predicted octanol–water partition coefficient (Wildman–Crippen LogP) is 2.74. The highest BCUT2D eigenvalue weighted by molar-refractivity contribution is 5.89. The Morgan fingerprint density at radius 2 is 1.53 bits per heavy atom. The maximum absolute atomic E-state index is 11.7. The standard InChI is InChI=1S/C15H12O4/c16-14(17)12-8-6-11(7-9-12)10-19-15(18)13-4-2-1-3-5-13/h1-9H,10H2,(H,16,17). The lowest BCUT2D eigenvalue weighted by molar-refractivity contribution is 0.0472. The van der Waals surface area contributed by atoms with Crippen molar-refractivity contribution in [1.29, 1.82) is 0 Å². The Balaban J connectivity index is 1.95. The number of carboxylic acids is 1. The third-order valence-electron chi connectivity index (χ3n) is 2.58. The molecule has 19 heavy (non-hydrogen) atoms. The number of ether oxygens (including phenoxy) is 1. The van der Waals surface area contributed by atoms with Crippen LogP contribution in [-0.2, 0) is 11.3 Å². The fraction of sp³-hybridized carbons (Fsp3) is 0.0667. The lowest BCUT2D eigenvalue weighted by atomic mass is 10.1. The van der Waals surface area contributed by atoms with Gasteiger partial charge in [-0.2, -0.15) is 0 Å². The summed E-state index contributed by atoms with van der Waals surface area (Å²) in [6.45, 7) is 0.119. The molecule has 0 atom stereocenters. The lowest BCUT2D eigenvalue weighted by Crippen LogP contribution is -2.05. The summed E-state index contributed by atoms with van der Waals surface area (Å²) >= 11 is 0. The maximum atomic E-state index is 11.7. The van der Waals surface area contributed by atoms with Gasteiger partial charge in [-0.05, 0) is 29.8 Å². The van der Waals surface area contributed by atoms with E-state index in [0.29, 0.717) is 5.56 Å². The van der Waals surface area contributed by atoms with Crippen LogP contribution in [0.5, 0.6) is 0 Å². The van der Waals surface area contributed by atoms with Crippen LogP contribution >= 0.6 is 0 Å². The van der Waals surface area contributed by atoms with Crippen LogP contribution < -0.4 is 0 Å². The van der Waals surface area contributed by atoms with Crippen molar-refractivity contribution in [2.75, 3.05) is 0 Å². The highest BCUT2D eigenvalue weighted by Crippen LogP contribution is 2.08. The summed E-state index contributed by atoms with van der Waals surface area (Å²) in [4.78, 5) is 22.4. The molecule has 96 valence electrons. The molecule has 0 bridgehead atoms. The number of carboxylic acid groups (broad SMARTS) is 1. The molecule has 2 aromatic carbocycles. The molecule has 0 radical (unpaired) electrons. The van der Waals surface area contributed by atoms with E-state index < -0.39 is 11.9 Å². The summed E-state index contributed by atoms with van der Waals surface area (Å²) in [5.41, 5.74) is 1.44. The molecule has 0 aliphatic carbocycles. The van der Waals surface area contributed by atoms with Gasteiger partial charge in [-0.15, -0.1) is 0 Å². The second kappa shape index (κ2) is 5.82. The van der Waals surface area contributed by atoms with Crippen LogP contribution in [0.3, 0.4) is 0 Å². The smallest absolute Gasteiger partial charge is 0.338 e. The molecule has 2 aromatic rings. The summed E-state index contributed by atoms with van der Waals surface area (Å²) in [6.07, 6.45) is 0. The van der Waals surface area contributed by atoms with E-state index >= 15 is 0 Å². The fourth-order valence-electron chi connectivity index (χ4n) is 1.55. The highest BCUT2D eigenvalue weighted by atomic mass is 16.5. The van der Waals surface area contributed by atoms with Crippen molar-refractivity contribution >= 4 is 11.9 Å². The Bertz CT molecular complexity index is 573. The summed E-state index contributed by atoms with van der Waals surface area (Å²) in [6, 6.07) is 14.9. The normalized spacial score (nSPS) is 9.89. The number of carbonyl (C=O) groups excluding carboxylic acids is 1. The van der Waals surface area contributed by atoms with Crippen molar-refractivity contribution in [3.05, 3.63) is 71.3 Å². The minimum Gasteiger partial charge on any atom is -0.478 e. The molecule has 0 saturated heterocycles. The minimum absolute atomic E-state index is 0.119. The molecular weight excluding hydrogens is 244 g/mol. The Morgan fingerprint density at radius 3 is 2.11 bits per heavy atom. The number of esters is 1. The van der Waals surface area contributed by atoms with E-state index in [1.165, 1.54) is 12.1 Å². The lowest BCUT2D eigenvalue weighted by Gasteiger charge is -2.05. The van der Waals surface area contributed by atoms with Gasteiger partial charge in [-0.3, -0.25) is 0 Å². The third-order valence-corrected chi connectivity index (χ3v) is 2.58. The Hall–Kier alpha value is -2.62. The topological polar surface area (TPSA) is 63.6 Å². The molecule has 2 rings (SSSR count). The van der Waals surface area contributed by atoms with Crippen molar-refractivity contribution in [3.8, 4) is 0 Å². The summed E-state index contributed by atoms with van der Waals surface area (Å²) in [5, 5.41) is 8.76. The first kappa shape index (κ1) is 12.8. The number of rotatable bonds is 4. The number of carbonyl (C=O) groups is 2. The Labute approximate surface area is 110 Å². The fourth-order valence-corrected chi connectivity index (χ4v) is 1.55. The second-order valence-corrected chi connectivity index (χ2v) is 3.94. The van der Waals surface area contributed by atoms with Gasteiger partial charge in [0.15, 0.2) is 0 Å². The van der Waals surface area contributed by atoms with Gasteiger partial charge in [0.1, 0.15) is 6.61 Å². The van der Waals surface area contributed by atoms with Gasteiger partial charge in [0.2, 0.25) is 0 Å². The van der Waals surface area contributed by atoms with Crippen molar-refractivity contribution in [2.45, 2.75) is 6.61 Å². The van der Waals surface area contributed by atoms with E-state index in [2.05, 4.69) is 0 Å². The molecule has 0 saturated carbocycles. The molecule has 4 nitrogen and oxygen atoms in total. The summed E-state index contributed by atoms with van der Waals surface area (Å²) in [5.74, 6) is -1.38. The van der Waals surface area contributed by atoms with E-state index in [9.17, 15) is 9.59 Å². The van der Waals surface area contributed by atoms with Crippen molar-refractivity contribution in [2.24, 2.45) is 0 Å². The first-order valence-electron chi connectivity index (χ1n) is 5.71. The summed E-state index contributed by atoms with van der Waals surface area (Å²) < 4.78 is 5.13. The first-order chi connectivity index (χ1) is 9.16. The van der Waals surface area contributed by atoms with E-state index in [1.54, 1.807) is 36.4 Å². The number of aromatic carboxylic acids is 1. The van der Waals surface area contributed by atoms with Crippen molar-refractivity contribution in [1.82, 2.24) is 0 Å². The van der Waals surface area contributed by atoms with E-state index in [0.717, 1.165) is 5.56 Å². The SMILES string of the molecule is O=C(O)c1ccc(COC(=O)c2ccccc2)cc1. The Morgan fingerprint density at radius 1 is 0.895 bits per heavy atom. The third kappa shape index (κ3) is 3.42. The molecule has 0 aliphatic rings. The molecule has 1 N–H and O–H groups in total. The molecule has 0 aromatic heterocycles. The molecule has 0 spiro atoms. The molecular formula is C15H12O4. The molecule has 0 aliphatic heterocycles. The van der Waals surface area contributed by atoms with Crippen LogP contribution in [0.1, 0.15) is 26.3 Å². The number of benzene rings is 2. The van der Waals surface area contributed by atoms with Crippen LogP contribution in [-0.4, -0.2) is 17.0 Å². The van der Waals surface area contributed by atoms with Crippen molar-refractivity contribution in [3.63, 3.8) is 0 Å². The quantitative estimate of drug-likeness (QED) is 0.854. The molecule has 0 amide bonds. The van der Waals surface area contributed by atoms with Gasteiger partial charge in [-0.1, -0.05) is 30.3 Å². The average molecular weight is 256 g/mol. The average Bonchev–Trinajstić information content (AvgIpc) is 2.46. The van der Waals surface area contributed by atoms with E-state index in [4.69, 9.17) is 9.84 Å². The van der Waals surface area contributed by atoms with Gasteiger partial charge in [-0.25, -0.2) is 9.59 Å². The van der Waals surface area contributed by atoms with Gasteiger partial charge in [0.25, 0.3) is 0 Å². The van der Waals surface area contributed by atoms with Gasteiger partial charge < -0.3 is 9.84 Å². The Kier molecular flexibility index (Phi) is 3.93. The largest absolute Gasteiger partial charge is 0.478 e. The van der Waals surface area contributed by atoms with Crippen molar-refractivity contribution < 1.29 is 19.4 Å².